The van der Waals surface area contributed by atoms with Crippen LogP contribution in [0.15, 0.2) is 36.5 Å². The molecule has 1 saturated heterocycles. The zero-order chi connectivity index (χ0) is 18.0. The number of nitrogens with zero attached hydrogens (tertiary/aromatic N) is 3. The largest absolute Gasteiger partial charge is 0.365 e. The second kappa shape index (κ2) is 7.09. The molecule has 0 radical (unpaired) electrons. The molecule has 0 unspecified atom stereocenters. The highest BCUT2D eigenvalue weighted by atomic mass is 16.2. The smallest absolute Gasteiger partial charge is 0.252 e. The molecule has 3 rings (SSSR count). The van der Waals surface area contributed by atoms with E-state index in [4.69, 9.17) is 5.73 Å². The molecule has 2 amide bonds. The second-order valence-corrected chi connectivity index (χ2v) is 6.75. The Kier molecular flexibility index (Phi) is 4.88. The van der Waals surface area contributed by atoms with Gasteiger partial charge in [-0.15, -0.1) is 0 Å². The van der Waals surface area contributed by atoms with Crippen LogP contribution in [0.1, 0.15) is 43.5 Å². The first-order chi connectivity index (χ1) is 12.0. The molecule has 1 aliphatic heterocycles. The zero-order valence-corrected chi connectivity index (χ0v) is 14.7. The van der Waals surface area contributed by atoms with Gasteiger partial charge in [0.2, 0.25) is 5.91 Å². The molecular formula is C19H24N4O2. The summed E-state index contributed by atoms with van der Waals surface area (Å²) >= 11 is 0. The molecule has 0 aliphatic carbocycles. The Morgan fingerprint density at radius 1 is 1.16 bits per heavy atom. The average molecular weight is 340 g/mol. The molecule has 2 N–H and O–H groups in total. The molecule has 1 aromatic heterocycles. The molecule has 0 bridgehead atoms. The first-order valence-electron chi connectivity index (χ1n) is 8.71. The van der Waals surface area contributed by atoms with Gasteiger partial charge in [0.05, 0.1) is 5.56 Å². The van der Waals surface area contributed by atoms with Crippen molar-refractivity contribution in [3.05, 3.63) is 42.1 Å². The maximum Gasteiger partial charge on any atom is 0.252 e. The molecule has 0 saturated carbocycles. The molecule has 2 aromatic rings. The van der Waals surface area contributed by atoms with Gasteiger partial charge in [0.25, 0.3) is 5.91 Å². The fourth-order valence-corrected chi connectivity index (χ4v) is 3.63. The monoisotopic (exact) mass is 340 g/mol. The van der Waals surface area contributed by atoms with Gasteiger partial charge in [-0.1, -0.05) is 30.3 Å². The van der Waals surface area contributed by atoms with E-state index in [-0.39, 0.29) is 24.5 Å². The fourth-order valence-electron chi connectivity index (χ4n) is 3.63. The number of hydrogen-bond donors (Lipinski definition) is 1. The summed E-state index contributed by atoms with van der Waals surface area (Å²) in [6.45, 7) is 4.28. The SMILES string of the molecule is C[C@H]1CCC[C@H](C)N1C(=O)Cn1cc(C(N)=O)c(-c2ccccc2)n1. The van der Waals surface area contributed by atoms with E-state index in [0.29, 0.717) is 11.3 Å². The van der Waals surface area contributed by atoms with E-state index in [1.165, 1.54) is 4.68 Å². The Morgan fingerprint density at radius 3 is 2.40 bits per heavy atom. The Hall–Kier alpha value is -2.63. The number of primary amides is 1. The molecule has 6 heteroatoms. The predicted octanol–water partition coefficient (Wildman–Crippen LogP) is 2.44. The van der Waals surface area contributed by atoms with Crippen LogP contribution in [-0.4, -0.2) is 38.6 Å². The van der Waals surface area contributed by atoms with Crippen molar-refractivity contribution in [2.75, 3.05) is 0 Å². The van der Waals surface area contributed by atoms with Gasteiger partial charge in [0, 0.05) is 23.8 Å². The van der Waals surface area contributed by atoms with E-state index in [0.717, 1.165) is 24.8 Å². The highest BCUT2D eigenvalue weighted by Gasteiger charge is 2.29. The van der Waals surface area contributed by atoms with Crippen molar-refractivity contribution in [3.63, 3.8) is 0 Å². The van der Waals surface area contributed by atoms with Crippen molar-refractivity contribution in [1.29, 1.82) is 0 Å². The number of hydrogen-bond acceptors (Lipinski definition) is 3. The lowest BCUT2D eigenvalue weighted by atomic mass is 9.97. The van der Waals surface area contributed by atoms with Gasteiger partial charge in [-0.3, -0.25) is 14.3 Å². The standard InChI is InChI=1S/C19H24N4O2/c1-13-7-6-8-14(2)23(13)17(24)12-22-11-16(19(20)25)18(21-22)15-9-4-3-5-10-15/h3-5,9-11,13-14H,6-8,12H2,1-2H3,(H2,20,25)/t13-,14-/m0/s1. The zero-order valence-electron chi connectivity index (χ0n) is 14.7. The Bertz CT molecular complexity index is 759. The summed E-state index contributed by atoms with van der Waals surface area (Å²) in [7, 11) is 0. The van der Waals surface area contributed by atoms with Crippen LogP contribution in [0.25, 0.3) is 11.3 Å². The molecule has 1 aromatic carbocycles. The van der Waals surface area contributed by atoms with Gasteiger partial charge in [-0.05, 0) is 33.1 Å². The van der Waals surface area contributed by atoms with Crippen LogP contribution in [-0.2, 0) is 11.3 Å². The lowest BCUT2D eigenvalue weighted by Crippen LogP contribution is -2.48. The first-order valence-corrected chi connectivity index (χ1v) is 8.71. The van der Waals surface area contributed by atoms with Crippen LogP contribution in [0.5, 0.6) is 0 Å². The lowest BCUT2D eigenvalue weighted by Gasteiger charge is -2.39. The Labute approximate surface area is 147 Å². The molecule has 132 valence electrons. The molecule has 25 heavy (non-hydrogen) atoms. The molecule has 2 atom stereocenters. The van der Waals surface area contributed by atoms with Crippen molar-refractivity contribution in [3.8, 4) is 11.3 Å². The van der Waals surface area contributed by atoms with Gasteiger partial charge in [-0.25, -0.2) is 0 Å². The van der Waals surface area contributed by atoms with Crippen LogP contribution in [0.3, 0.4) is 0 Å². The maximum absolute atomic E-state index is 12.8. The number of amides is 2. The Balaban J connectivity index is 1.86. The van der Waals surface area contributed by atoms with E-state index in [1.807, 2.05) is 35.2 Å². The van der Waals surface area contributed by atoms with Gasteiger partial charge in [0.15, 0.2) is 0 Å². The molecule has 0 spiro atoms. The van der Waals surface area contributed by atoms with E-state index >= 15 is 0 Å². The van der Waals surface area contributed by atoms with Crippen molar-refractivity contribution >= 4 is 11.8 Å². The number of aromatic nitrogens is 2. The number of carbonyl (C=O) groups is 2. The maximum atomic E-state index is 12.8. The van der Waals surface area contributed by atoms with E-state index in [1.54, 1.807) is 6.20 Å². The summed E-state index contributed by atoms with van der Waals surface area (Å²) < 4.78 is 1.53. The summed E-state index contributed by atoms with van der Waals surface area (Å²) in [5, 5.41) is 4.45. The molecule has 6 nitrogen and oxygen atoms in total. The minimum Gasteiger partial charge on any atom is -0.365 e. The van der Waals surface area contributed by atoms with Gasteiger partial charge >= 0.3 is 0 Å². The second-order valence-electron chi connectivity index (χ2n) is 6.75. The molecule has 2 heterocycles. The fraction of sp³-hybridized carbons (Fsp3) is 0.421. The number of piperidine rings is 1. The minimum absolute atomic E-state index is 0.0258. The van der Waals surface area contributed by atoms with Gasteiger partial charge < -0.3 is 10.6 Å². The summed E-state index contributed by atoms with van der Waals surface area (Å²) in [6, 6.07) is 9.85. The third-order valence-electron chi connectivity index (χ3n) is 4.85. The third-order valence-corrected chi connectivity index (χ3v) is 4.85. The van der Waals surface area contributed by atoms with E-state index < -0.39 is 5.91 Å². The summed E-state index contributed by atoms with van der Waals surface area (Å²) in [4.78, 5) is 26.5. The predicted molar refractivity (Wildman–Crippen MR) is 95.8 cm³/mol. The lowest BCUT2D eigenvalue weighted by molar-refractivity contribution is -0.138. The van der Waals surface area contributed by atoms with Crippen molar-refractivity contribution < 1.29 is 9.59 Å². The molecule has 1 fully saturated rings. The van der Waals surface area contributed by atoms with Crippen LogP contribution in [0, 0.1) is 0 Å². The quantitative estimate of drug-likeness (QED) is 0.928. The summed E-state index contributed by atoms with van der Waals surface area (Å²) in [5.41, 5.74) is 7.15. The van der Waals surface area contributed by atoms with E-state index in [2.05, 4.69) is 18.9 Å². The van der Waals surface area contributed by atoms with Crippen LogP contribution in [0.4, 0.5) is 0 Å². The summed E-state index contributed by atoms with van der Waals surface area (Å²) in [5.74, 6) is -0.518. The van der Waals surface area contributed by atoms with Crippen LogP contribution in [0.2, 0.25) is 0 Å². The highest BCUT2D eigenvalue weighted by molar-refractivity contribution is 5.98. The summed E-state index contributed by atoms with van der Waals surface area (Å²) in [6.07, 6.45) is 4.77. The normalized spacial score (nSPS) is 20.5. The van der Waals surface area contributed by atoms with E-state index in [9.17, 15) is 9.59 Å². The number of carbonyl (C=O) groups excluding carboxylic acids is 2. The van der Waals surface area contributed by atoms with Crippen LogP contribution >= 0.6 is 0 Å². The first kappa shape index (κ1) is 17.2. The van der Waals surface area contributed by atoms with Crippen molar-refractivity contribution in [2.45, 2.75) is 51.7 Å². The topological polar surface area (TPSA) is 81.2 Å². The highest BCUT2D eigenvalue weighted by Crippen LogP contribution is 2.24. The van der Waals surface area contributed by atoms with Gasteiger partial charge in [0.1, 0.15) is 12.2 Å². The third kappa shape index (κ3) is 3.57. The number of benzene rings is 1. The van der Waals surface area contributed by atoms with Crippen molar-refractivity contribution in [1.82, 2.24) is 14.7 Å². The van der Waals surface area contributed by atoms with Crippen LogP contribution < -0.4 is 5.73 Å². The molecular weight excluding hydrogens is 316 g/mol. The van der Waals surface area contributed by atoms with Crippen molar-refractivity contribution in [2.24, 2.45) is 5.73 Å². The molecule has 1 aliphatic rings. The number of rotatable bonds is 4. The van der Waals surface area contributed by atoms with Gasteiger partial charge in [-0.2, -0.15) is 5.10 Å². The average Bonchev–Trinajstić information content (AvgIpc) is 2.99. The minimum atomic E-state index is -0.544. The number of likely N-dealkylation sites (tertiary alicyclic amines) is 1. The number of nitrogens with two attached hydrogens (primary N) is 1. The Morgan fingerprint density at radius 2 is 1.80 bits per heavy atom.